The predicted molar refractivity (Wildman–Crippen MR) is 107 cm³/mol. The van der Waals surface area contributed by atoms with Gasteiger partial charge in [0.05, 0.1) is 32.6 Å². The van der Waals surface area contributed by atoms with Gasteiger partial charge in [0.25, 0.3) is 5.91 Å². The summed E-state index contributed by atoms with van der Waals surface area (Å²) in [6.07, 6.45) is 0. The molecule has 2 aromatic carbocycles. The van der Waals surface area contributed by atoms with Gasteiger partial charge < -0.3 is 14.2 Å². The van der Waals surface area contributed by atoms with Crippen molar-refractivity contribution < 1.29 is 19.0 Å². The van der Waals surface area contributed by atoms with Crippen LogP contribution in [-0.4, -0.2) is 32.2 Å². The van der Waals surface area contributed by atoms with E-state index in [0.717, 1.165) is 5.56 Å². The van der Waals surface area contributed by atoms with Gasteiger partial charge in [-0.2, -0.15) is 0 Å². The van der Waals surface area contributed by atoms with Crippen molar-refractivity contribution in [1.82, 2.24) is 4.98 Å². The Morgan fingerprint density at radius 1 is 1.00 bits per heavy atom. The van der Waals surface area contributed by atoms with Crippen LogP contribution in [0.3, 0.4) is 0 Å². The molecule has 0 spiro atoms. The Balaban J connectivity index is 1.82. The topological polar surface area (TPSA) is 69.7 Å². The highest BCUT2D eigenvalue weighted by molar-refractivity contribution is 7.14. The molecule has 0 aliphatic heterocycles. The zero-order chi connectivity index (χ0) is 19.4. The average molecular weight is 405 g/mol. The Morgan fingerprint density at radius 3 is 2.41 bits per heavy atom. The maximum atomic E-state index is 12.6. The van der Waals surface area contributed by atoms with Crippen molar-refractivity contribution >= 4 is 34.0 Å². The fourth-order valence-electron chi connectivity index (χ4n) is 2.48. The minimum atomic E-state index is -0.345. The van der Waals surface area contributed by atoms with Gasteiger partial charge in [-0.05, 0) is 36.4 Å². The number of ether oxygens (including phenoxy) is 3. The Kier molecular flexibility index (Phi) is 5.83. The van der Waals surface area contributed by atoms with Crippen LogP contribution in [0.25, 0.3) is 11.3 Å². The fourth-order valence-corrected chi connectivity index (χ4v) is 3.37. The molecule has 1 amide bonds. The number of carbonyl (C=O) groups is 1. The number of benzene rings is 2. The lowest BCUT2D eigenvalue weighted by atomic mass is 10.1. The lowest BCUT2D eigenvalue weighted by molar-refractivity contribution is 0.102. The summed E-state index contributed by atoms with van der Waals surface area (Å²) in [4.78, 5) is 17.0. The van der Waals surface area contributed by atoms with Crippen LogP contribution in [0, 0.1) is 0 Å². The first-order valence-corrected chi connectivity index (χ1v) is 9.14. The molecule has 0 unspecified atom stereocenters. The standard InChI is InChI=1S/C19H17ClN2O4S/c1-24-15-7-5-12(20)9-13(15)18(23)22-19-21-14(10-27-19)11-4-6-16(25-2)17(8-11)26-3/h4-10H,1-3H3,(H,21,22,23). The van der Waals surface area contributed by atoms with Crippen molar-refractivity contribution in [2.75, 3.05) is 26.6 Å². The van der Waals surface area contributed by atoms with Crippen LogP contribution in [0.4, 0.5) is 5.13 Å². The largest absolute Gasteiger partial charge is 0.496 e. The van der Waals surface area contributed by atoms with Crippen LogP contribution in [0.5, 0.6) is 17.2 Å². The normalized spacial score (nSPS) is 10.4. The average Bonchev–Trinajstić information content (AvgIpc) is 3.15. The number of methoxy groups -OCH3 is 3. The minimum absolute atomic E-state index is 0.341. The second-order valence-corrected chi connectivity index (χ2v) is 6.70. The van der Waals surface area contributed by atoms with Crippen molar-refractivity contribution in [3.8, 4) is 28.5 Å². The fraction of sp³-hybridized carbons (Fsp3) is 0.158. The number of hydrogen-bond acceptors (Lipinski definition) is 6. The highest BCUT2D eigenvalue weighted by Gasteiger charge is 2.16. The molecule has 3 aromatic rings. The molecule has 0 bridgehead atoms. The van der Waals surface area contributed by atoms with E-state index >= 15 is 0 Å². The van der Waals surface area contributed by atoms with Crippen LogP contribution in [-0.2, 0) is 0 Å². The number of rotatable bonds is 6. The summed E-state index contributed by atoms with van der Waals surface area (Å²) in [6, 6.07) is 10.4. The number of nitrogens with one attached hydrogen (secondary N) is 1. The molecule has 3 rings (SSSR count). The molecule has 0 atom stereocenters. The van der Waals surface area contributed by atoms with Crippen LogP contribution < -0.4 is 19.5 Å². The molecule has 0 fully saturated rings. The third kappa shape index (κ3) is 4.15. The number of amides is 1. The van der Waals surface area contributed by atoms with Gasteiger partial charge in [-0.25, -0.2) is 4.98 Å². The molecular formula is C19H17ClN2O4S. The van der Waals surface area contributed by atoms with E-state index in [-0.39, 0.29) is 5.91 Å². The summed E-state index contributed by atoms with van der Waals surface area (Å²) in [5.74, 6) is 1.34. The van der Waals surface area contributed by atoms with E-state index in [0.29, 0.717) is 38.7 Å². The molecule has 1 aromatic heterocycles. The van der Waals surface area contributed by atoms with Gasteiger partial charge in [0.2, 0.25) is 0 Å². The van der Waals surface area contributed by atoms with Gasteiger partial charge in [-0.3, -0.25) is 10.1 Å². The molecule has 0 radical (unpaired) electrons. The van der Waals surface area contributed by atoms with E-state index in [1.165, 1.54) is 18.4 Å². The number of hydrogen-bond donors (Lipinski definition) is 1. The number of thiazole rings is 1. The molecule has 0 aliphatic rings. The van der Waals surface area contributed by atoms with E-state index in [2.05, 4.69) is 10.3 Å². The predicted octanol–water partition coefficient (Wildman–Crippen LogP) is 4.74. The third-order valence-electron chi connectivity index (χ3n) is 3.81. The van der Waals surface area contributed by atoms with Gasteiger partial charge in [0.1, 0.15) is 5.75 Å². The highest BCUT2D eigenvalue weighted by atomic mass is 35.5. The maximum Gasteiger partial charge on any atom is 0.261 e. The Bertz CT molecular complexity index is 974. The zero-order valence-corrected chi connectivity index (χ0v) is 16.5. The van der Waals surface area contributed by atoms with Gasteiger partial charge in [0, 0.05) is 16.0 Å². The molecule has 6 nitrogen and oxygen atoms in total. The van der Waals surface area contributed by atoms with Crippen LogP contribution >= 0.6 is 22.9 Å². The maximum absolute atomic E-state index is 12.6. The van der Waals surface area contributed by atoms with Crippen molar-refractivity contribution in [2.45, 2.75) is 0 Å². The molecule has 1 N–H and O–H groups in total. The number of halogens is 1. The summed E-state index contributed by atoms with van der Waals surface area (Å²) in [7, 11) is 4.66. The molecule has 0 aliphatic carbocycles. The first kappa shape index (κ1) is 19.0. The van der Waals surface area contributed by atoms with E-state index in [1.807, 2.05) is 23.6 Å². The minimum Gasteiger partial charge on any atom is -0.496 e. The second kappa shape index (κ2) is 8.28. The Labute approximate surface area is 165 Å². The van der Waals surface area contributed by atoms with Gasteiger partial charge in [-0.1, -0.05) is 11.6 Å². The summed E-state index contributed by atoms with van der Waals surface area (Å²) in [5, 5.41) is 5.54. The quantitative estimate of drug-likeness (QED) is 0.642. The molecule has 8 heteroatoms. The van der Waals surface area contributed by atoms with Crippen molar-refractivity contribution in [2.24, 2.45) is 0 Å². The molecular weight excluding hydrogens is 388 g/mol. The number of anilines is 1. The number of nitrogens with zero attached hydrogens (tertiary/aromatic N) is 1. The first-order valence-electron chi connectivity index (χ1n) is 7.88. The van der Waals surface area contributed by atoms with Gasteiger partial charge in [0.15, 0.2) is 16.6 Å². The summed E-state index contributed by atoms with van der Waals surface area (Å²) in [5.41, 5.74) is 1.91. The smallest absolute Gasteiger partial charge is 0.261 e. The first-order chi connectivity index (χ1) is 13.0. The van der Waals surface area contributed by atoms with E-state index < -0.39 is 0 Å². The van der Waals surface area contributed by atoms with E-state index in [9.17, 15) is 4.79 Å². The SMILES string of the molecule is COc1ccc(-c2csc(NC(=O)c3cc(Cl)ccc3OC)n2)cc1OC. The highest BCUT2D eigenvalue weighted by Crippen LogP contribution is 2.33. The molecule has 140 valence electrons. The molecule has 0 saturated heterocycles. The number of carbonyl (C=O) groups excluding carboxylic acids is 1. The summed E-state index contributed by atoms with van der Waals surface area (Å²) >= 11 is 7.31. The van der Waals surface area contributed by atoms with Crippen molar-refractivity contribution in [3.63, 3.8) is 0 Å². The van der Waals surface area contributed by atoms with Gasteiger partial charge >= 0.3 is 0 Å². The summed E-state index contributed by atoms with van der Waals surface area (Å²) < 4.78 is 15.8. The monoisotopic (exact) mass is 404 g/mol. The van der Waals surface area contributed by atoms with Crippen molar-refractivity contribution in [1.29, 1.82) is 0 Å². The summed E-state index contributed by atoms with van der Waals surface area (Å²) in [6.45, 7) is 0. The van der Waals surface area contributed by atoms with Crippen LogP contribution in [0.15, 0.2) is 41.8 Å². The van der Waals surface area contributed by atoms with E-state index in [1.54, 1.807) is 32.4 Å². The second-order valence-electron chi connectivity index (χ2n) is 5.41. The lowest BCUT2D eigenvalue weighted by Crippen LogP contribution is -2.13. The van der Waals surface area contributed by atoms with E-state index in [4.69, 9.17) is 25.8 Å². The number of aromatic nitrogens is 1. The zero-order valence-electron chi connectivity index (χ0n) is 14.9. The molecule has 1 heterocycles. The molecule has 0 saturated carbocycles. The Morgan fingerprint density at radius 2 is 1.70 bits per heavy atom. The van der Waals surface area contributed by atoms with Gasteiger partial charge in [-0.15, -0.1) is 11.3 Å². The van der Waals surface area contributed by atoms with Crippen LogP contribution in [0.1, 0.15) is 10.4 Å². The lowest BCUT2D eigenvalue weighted by Gasteiger charge is -2.09. The van der Waals surface area contributed by atoms with Crippen LogP contribution in [0.2, 0.25) is 5.02 Å². The van der Waals surface area contributed by atoms with Crippen molar-refractivity contribution in [3.05, 3.63) is 52.4 Å². The Hall–Kier alpha value is -2.77. The molecule has 27 heavy (non-hydrogen) atoms. The third-order valence-corrected chi connectivity index (χ3v) is 4.80.